The molecule has 166 valence electrons. The molecule has 4 heterocycles. The number of hydrogen-bond donors (Lipinski definition) is 5. The van der Waals surface area contributed by atoms with Crippen molar-refractivity contribution in [2.75, 3.05) is 0 Å². The Bertz CT molecular complexity index is 1690. The Balaban J connectivity index is 0.000000140. The number of nitrogens with zero attached hydrogens (tertiary/aromatic N) is 4. The quantitative estimate of drug-likeness (QED) is 0.275. The zero-order valence-electron chi connectivity index (χ0n) is 17.0. The molecule has 0 saturated heterocycles. The Kier molecular flexibility index (Phi) is 4.57. The van der Waals surface area contributed by atoms with E-state index in [-0.39, 0.29) is 5.56 Å². The van der Waals surface area contributed by atoms with Gasteiger partial charge in [0.2, 0.25) is 0 Å². The van der Waals surface area contributed by atoms with Crippen LogP contribution >= 0.6 is 0 Å². The summed E-state index contributed by atoms with van der Waals surface area (Å²) in [5.74, 6) is -1.70. The Morgan fingerprint density at radius 2 is 1.70 bits per heavy atom. The van der Waals surface area contributed by atoms with Gasteiger partial charge in [-0.15, -0.1) is 0 Å². The normalized spacial score (nSPS) is 11.3. The first-order valence-electron chi connectivity index (χ1n) is 9.81. The van der Waals surface area contributed by atoms with E-state index >= 15 is 0 Å². The second kappa shape index (κ2) is 7.46. The number of aromatic amines is 2. The Morgan fingerprint density at radius 3 is 2.42 bits per heavy atom. The second-order valence-electron chi connectivity index (χ2n) is 7.26. The lowest BCUT2D eigenvalue weighted by Gasteiger charge is -1.99. The molecule has 6 aromatic rings. The van der Waals surface area contributed by atoms with Gasteiger partial charge in [-0.1, -0.05) is 6.07 Å². The number of imidazole rings is 2. The topological polar surface area (TPSA) is 178 Å². The number of carbonyl (C=O) groups is 2. The minimum absolute atomic E-state index is 0.0860. The summed E-state index contributed by atoms with van der Waals surface area (Å²) in [4.78, 5) is 31.2. The van der Waals surface area contributed by atoms with Crippen molar-refractivity contribution >= 4 is 45.2 Å². The van der Waals surface area contributed by atoms with Crippen molar-refractivity contribution < 1.29 is 14.0 Å². The molecule has 8 N–H and O–H groups in total. The highest BCUT2D eigenvalue weighted by Gasteiger charge is 2.17. The highest BCUT2D eigenvalue weighted by molar-refractivity contribution is 6.05. The number of primary amides is 2. The van der Waals surface area contributed by atoms with E-state index in [2.05, 4.69) is 20.2 Å². The molecule has 0 atom stereocenters. The molecule has 0 aliphatic carbocycles. The molecule has 0 aliphatic heterocycles. The fraction of sp³-hybridized carbons (Fsp3) is 0.0476. The summed E-state index contributed by atoms with van der Waals surface area (Å²) < 4.78 is 16.7. The van der Waals surface area contributed by atoms with E-state index in [0.29, 0.717) is 28.8 Å². The van der Waals surface area contributed by atoms with Crippen LogP contribution in [0.25, 0.3) is 33.4 Å². The van der Waals surface area contributed by atoms with Gasteiger partial charge in [-0.25, -0.2) is 23.4 Å². The summed E-state index contributed by atoms with van der Waals surface area (Å²) in [7, 11) is 0. The van der Waals surface area contributed by atoms with Gasteiger partial charge in [-0.2, -0.15) is 0 Å². The van der Waals surface area contributed by atoms with Gasteiger partial charge in [0.25, 0.3) is 11.8 Å². The van der Waals surface area contributed by atoms with Crippen LogP contribution in [-0.2, 0) is 6.54 Å². The van der Waals surface area contributed by atoms with Crippen molar-refractivity contribution in [2.45, 2.75) is 6.54 Å². The molecule has 0 spiro atoms. The van der Waals surface area contributed by atoms with Gasteiger partial charge in [0.1, 0.15) is 16.9 Å². The van der Waals surface area contributed by atoms with Gasteiger partial charge < -0.3 is 17.2 Å². The molecular weight excluding hydrogens is 429 g/mol. The van der Waals surface area contributed by atoms with Crippen molar-refractivity contribution in [2.24, 2.45) is 17.2 Å². The Labute approximate surface area is 183 Å². The number of rotatable bonds is 3. The third-order valence-electron chi connectivity index (χ3n) is 5.26. The van der Waals surface area contributed by atoms with E-state index in [1.807, 2.05) is 12.1 Å². The maximum atomic E-state index is 13.4. The summed E-state index contributed by atoms with van der Waals surface area (Å²) in [6, 6.07) is 9.51. The van der Waals surface area contributed by atoms with Crippen LogP contribution in [0.3, 0.4) is 0 Å². The lowest BCUT2D eigenvalue weighted by Crippen LogP contribution is -2.12. The molecule has 0 bridgehead atoms. The van der Waals surface area contributed by atoms with Crippen molar-refractivity contribution in [3.63, 3.8) is 0 Å². The van der Waals surface area contributed by atoms with Gasteiger partial charge >= 0.3 is 0 Å². The van der Waals surface area contributed by atoms with Crippen molar-refractivity contribution in [1.29, 1.82) is 0 Å². The molecule has 4 aromatic heterocycles. The molecule has 0 aliphatic rings. The predicted octanol–water partition coefficient (Wildman–Crippen LogP) is 1.43. The first-order chi connectivity index (χ1) is 15.9. The van der Waals surface area contributed by atoms with Gasteiger partial charge in [-0.3, -0.25) is 19.8 Å². The van der Waals surface area contributed by atoms with Crippen LogP contribution in [0.4, 0.5) is 4.39 Å². The fourth-order valence-corrected chi connectivity index (χ4v) is 3.83. The van der Waals surface area contributed by atoms with Crippen molar-refractivity contribution in [1.82, 2.24) is 29.2 Å². The third-order valence-corrected chi connectivity index (χ3v) is 5.26. The maximum Gasteiger partial charge on any atom is 0.251 e. The summed E-state index contributed by atoms with van der Waals surface area (Å²) in [6.07, 6.45) is 3.45. The minimum Gasteiger partial charge on any atom is -0.366 e. The van der Waals surface area contributed by atoms with Crippen molar-refractivity contribution in [3.8, 4) is 0 Å². The van der Waals surface area contributed by atoms with Crippen LogP contribution in [0.5, 0.6) is 0 Å². The number of carbonyl (C=O) groups excluding carboxylic acids is 2. The number of H-pyrrole nitrogens is 2. The Morgan fingerprint density at radius 1 is 0.939 bits per heavy atom. The van der Waals surface area contributed by atoms with E-state index in [0.717, 1.165) is 28.3 Å². The smallest absolute Gasteiger partial charge is 0.251 e. The van der Waals surface area contributed by atoms with Crippen LogP contribution in [0.2, 0.25) is 0 Å². The molecule has 11 nitrogen and oxygen atoms in total. The number of halogens is 1. The lowest BCUT2D eigenvalue weighted by atomic mass is 10.1. The van der Waals surface area contributed by atoms with Crippen LogP contribution in [0.15, 0.2) is 48.8 Å². The summed E-state index contributed by atoms with van der Waals surface area (Å²) in [5, 5.41) is 5.90. The van der Waals surface area contributed by atoms with E-state index in [1.165, 1.54) is 6.07 Å². The number of fused-ring (bicyclic) bond motifs is 6. The molecule has 0 unspecified atom stereocenters. The van der Waals surface area contributed by atoms with E-state index in [4.69, 9.17) is 17.2 Å². The number of nitrogens with two attached hydrogens (primary N) is 3. The van der Waals surface area contributed by atoms with Crippen LogP contribution in [0.1, 0.15) is 26.3 Å². The molecular formula is C21H18FN9O2. The molecule has 2 amide bonds. The molecule has 0 saturated carbocycles. The fourth-order valence-electron chi connectivity index (χ4n) is 3.83. The van der Waals surface area contributed by atoms with Crippen molar-refractivity contribution in [3.05, 3.63) is 71.3 Å². The predicted molar refractivity (Wildman–Crippen MR) is 119 cm³/mol. The maximum absolute atomic E-state index is 13.4. The first-order valence-corrected chi connectivity index (χ1v) is 9.81. The van der Waals surface area contributed by atoms with Crippen LogP contribution in [0, 0.1) is 5.82 Å². The van der Waals surface area contributed by atoms with Crippen LogP contribution < -0.4 is 17.2 Å². The number of nitrogens with one attached hydrogen (secondary N) is 2. The first kappa shape index (κ1) is 20.2. The van der Waals surface area contributed by atoms with E-state index in [9.17, 15) is 14.0 Å². The molecule has 33 heavy (non-hydrogen) atoms. The molecule has 0 fully saturated rings. The number of para-hydroxylation sites is 1. The number of benzene rings is 2. The SMILES string of the molecule is NC(=O)c1cccc2nc3cc[nH]n3c12.NCc1c[nH]n2c1nc1cc(F)cc(C(N)=O)c12. The zero-order valence-corrected chi connectivity index (χ0v) is 17.0. The molecule has 0 radical (unpaired) electrons. The molecule has 12 heteroatoms. The van der Waals surface area contributed by atoms with Crippen LogP contribution in [-0.4, -0.2) is 41.0 Å². The number of amides is 2. The Hall–Kier alpha value is -4.71. The number of aromatic nitrogens is 6. The summed E-state index contributed by atoms with van der Waals surface area (Å²) in [6.45, 7) is 0.296. The zero-order chi connectivity index (χ0) is 23.3. The highest BCUT2D eigenvalue weighted by atomic mass is 19.1. The summed E-state index contributed by atoms with van der Waals surface area (Å²) >= 11 is 0. The standard InChI is InChI=1S/C11H10FN5O.C10H8N4O/c12-6-1-7(10(14)18)9-8(2-6)16-11-5(3-13)4-15-17(9)11;11-10(15)6-2-1-3-7-9(6)14-8(13-7)4-5-12-14/h1-2,4,15H,3,13H2,(H2,14,18);1-5,12H,(H2,11,15). The van der Waals surface area contributed by atoms with Gasteiger partial charge in [0.15, 0.2) is 11.3 Å². The average Bonchev–Trinajstić information content (AvgIpc) is 3.52. The molecule has 2 aromatic carbocycles. The highest BCUT2D eigenvalue weighted by Crippen LogP contribution is 2.23. The van der Waals surface area contributed by atoms with Gasteiger partial charge in [-0.05, 0) is 18.2 Å². The number of hydrogen-bond acceptors (Lipinski definition) is 5. The monoisotopic (exact) mass is 447 g/mol. The van der Waals surface area contributed by atoms with Gasteiger partial charge in [0, 0.05) is 36.6 Å². The van der Waals surface area contributed by atoms with E-state index in [1.54, 1.807) is 33.6 Å². The molecule has 6 rings (SSSR count). The second-order valence-corrected chi connectivity index (χ2v) is 7.26. The average molecular weight is 447 g/mol. The summed E-state index contributed by atoms with van der Waals surface area (Å²) in [5.41, 5.74) is 21.1. The minimum atomic E-state index is -0.704. The van der Waals surface area contributed by atoms with E-state index < -0.39 is 17.6 Å². The largest absolute Gasteiger partial charge is 0.366 e. The van der Waals surface area contributed by atoms with Gasteiger partial charge in [0.05, 0.1) is 22.2 Å². The third kappa shape index (κ3) is 3.16. The lowest BCUT2D eigenvalue weighted by molar-refractivity contribution is 0.0993.